The van der Waals surface area contributed by atoms with Gasteiger partial charge in [0.2, 0.25) is 0 Å². The van der Waals surface area contributed by atoms with Crippen molar-refractivity contribution in [2.24, 2.45) is 0 Å². The molecule has 0 atom stereocenters. The third-order valence-corrected chi connectivity index (χ3v) is 5.29. The van der Waals surface area contributed by atoms with Crippen molar-refractivity contribution in [3.05, 3.63) is 78.1 Å². The zero-order valence-electron chi connectivity index (χ0n) is 18.3. The molecule has 5 rings (SSSR count). The molecule has 1 aromatic carbocycles. The molecule has 5 aromatic rings. The summed E-state index contributed by atoms with van der Waals surface area (Å²) in [5, 5.41) is 3.76. The number of aromatic nitrogens is 5. The Bertz CT molecular complexity index is 1430. The lowest BCUT2D eigenvalue weighted by atomic mass is 10.1. The summed E-state index contributed by atoms with van der Waals surface area (Å²) in [6, 6.07) is 13.1. The van der Waals surface area contributed by atoms with E-state index in [0.29, 0.717) is 23.5 Å². The van der Waals surface area contributed by atoms with Crippen LogP contribution in [0.1, 0.15) is 28.8 Å². The summed E-state index contributed by atoms with van der Waals surface area (Å²) in [6.07, 6.45) is 5.17. The van der Waals surface area contributed by atoms with Crippen LogP contribution in [0.25, 0.3) is 33.2 Å². The van der Waals surface area contributed by atoms with Gasteiger partial charge in [0, 0.05) is 40.7 Å². The molecule has 0 saturated carbocycles. The standard InChI is InChI=1S/C25H22N6O2/c1-3-33-23-11-20(17-5-4-15(2)27-12-17)29-21-10-16(6-7-18(21)23)25(32)28-14-24-30-19-8-9-26-13-22(19)31-24/h4-13H,3,14H2,1-2H3,(H,28,32)(H,30,31). The highest BCUT2D eigenvalue weighted by Crippen LogP contribution is 2.30. The van der Waals surface area contributed by atoms with E-state index in [1.807, 2.05) is 44.2 Å². The van der Waals surface area contributed by atoms with Gasteiger partial charge >= 0.3 is 0 Å². The van der Waals surface area contributed by atoms with Gasteiger partial charge in [-0.05, 0) is 50.2 Å². The first-order valence-electron chi connectivity index (χ1n) is 10.7. The first-order chi connectivity index (χ1) is 16.1. The van der Waals surface area contributed by atoms with Gasteiger partial charge in [-0.1, -0.05) is 0 Å². The third kappa shape index (κ3) is 4.23. The molecule has 8 heteroatoms. The first kappa shape index (κ1) is 20.6. The highest BCUT2D eigenvalue weighted by Gasteiger charge is 2.13. The number of amides is 1. The van der Waals surface area contributed by atoms with Crippen molar-refractivity contribution in [1.82, 2.24) is 30.2 Å². The van der Waals surface area contributed by atoms with Crippen LogP contribution in [0.3, 0.4) is 0 Å². The Morgan fingerprint density at radius 3 is 2.76 bits per heavy atom. The minimum absolute atomic E-state index is 0.211. The van der Waals surface area contributed by atoms with Crippen LogP contribution >= 0.6 is 0 Å². The summed E-state index contributed by atoms with van der Waals surface area (Å²) in [7, 11) is 0. The van der Waals surface area contributed by atoms with Gasteiger partial charge in [0.15, 0.2) is 0 Å². The molecule has 0 aliphatic heterocycles. The number of H-pyrrole nitrogens is 1. The van der Waals surface area contributed by atoms with E-state index in [0.717, 1.165) is 39.1 Å². The van der Waals surface area contributed by atoms with E-state index in [4.69, 9.17) is 9.72 Å². The number of aromatic amines is 1. The maximum atomic E-state index is 12.8. The Morgan fingerprint density at radius 1 is 1.06 bits per heavy atom. The summed E-state index contributed by atoms with van der Waals surface area (Å²) >= 11 is 0. The second-order valence-electron chi connectivity index (χ2n) is 7.62. The molecule has 0 bridgehead atoms. The van der Waals surface area contributed by atoms with Gasteiger partial charge < -0.3 is 15.0 Å². The van der Waals surface area contributed by atoms with Crippen molar-refractivity contribution in [3.8, 4) is 17.0 Å². The van der Waals surface area contributed by atoms with Gasteiger partial charge in [-0.15, -0.1) is 0 Å². The monoisotopic (exact) mass is 438 g/mol. The highest BCUT2D eigenvalue weighted by molar-refractivity contribution is 5.99. The van der Waals surface area contributed by atoms with Gasteiger partial charge in [0.1, 0.15) is 17.1 Å². The third-order valence-electron chi connectivity index (χ3n) is 5.29. The number of ether oxygens (including phenoxy) is 1. The number of rotatable bonds is 6. The number of carbonyl (C=O) groups excluding carboxylic acids is 1. The molecule has 0 aliphatic carbocycles. The smallest absolute Gasteiger partial charge is 0.251 e. The summed E-state index contributed by atoms with van der Waals surface area (Å²) in [5.41, 5.74) is 5.39. The number of nitrogens with one attached hydrogen (secondary N) is 2. The van der Waals surface area contributed by atoms with Crippen molar-refractivity contribution in [1.29, 1.82) is 0 Å². The average molecular weight is 438 g/mol. The molecule has 0 fully saturated rings. The average Bonchev–Trinajstić information content (AvgIpc) is 3.26. The number of imidazole rings is 1. The topological polar surface area (TPSA) is 106 Å². The lowest BCUT2D eigenvalue weighted by Gasteiger charge is -2.12. The summed E-state index contributed by atoms with van der Waals surface area (Å²) < 4.78 is 5.86. The fraction of sp³-hybridized carbons (Fsp3) is 0.160. The van der Waals surface area contributed by atoms with Gasteiger partial charge in [-0.2, -0.15) is 0 Å². The van der Waals surface area contributed by atoms with Crippen LogP contribution in [0.2, 0.25) is 0 Å². The normalized spacial score (nSPS) is 11.1. The number of hydrogen-bond acceptors (Lipinski definition) is 6. The van der Waals surface area contributed by atoms with Crippen molar-refractivity contribution >= 4 is 27.8 Å². The number of nitrogens with zero attached hydrogens (tertiary/aromatic N) is 4. The Balaban J connectivity index is 1.44. The largest absolute Gasteiger partial charge is 0.493 e. The molecule has 0 saturated heterocycles. The Hall–Kier alpha value is -4.33. The molecule has 0 unspecified atom stereocenters. The molecule has 1 amide bonds. The van der Waals surface area contributed by atoms with Crippen LogP contribution in [0.4, 0.5) is 0 Å². The van der Waals surface area contributed by atoms with Crippen LogP contribution in [0.15, 0.2) is 61.1 Å². The van der Waals surface area contributed by atoms with E-state index in [2.05, 4.69) is 25.3 Å². The van der Waals surface area contributed by atoms with Gasteiger partial charge in [-0.25, -0.2) is 9.97 Å². The Labute approximate surface area is 190 Å². The molecule has 0 aliphatic rings. The molecule has 0 spiro atoms. The minimum atomic E-state index is -0.211. The number of fused-ring (bicyclic) bond motifs is 2. The molecule has 164 valence electrons. The molecule has 8 nitrogen and oxygen atoms in total. The fourth-order valence-electron chi connectivity index (χ4n) is 3.64. The quantitative estimate of drug-likeness (QED) is 0.411. The molecule has 4 aromatic heterocycles. The summed E-state index contributed by atoms with van der Waals surface area (Å²) in [4.78, 5) is 33.7. The number of pyridine rings is 3. The SMILES string of the molecule is CCOc1cc(-c2ccc(C)nc2)nc2cc(C(=O)NCc3nc4cnccc4[nH]3)ccc12. The van der Waals surface area contributed by atoms with Crippen molar-refractivity contribution < 1.29 is 9.53 Å². The van der Waals surface area contributed by atoms with E-state index in [-0.39, 0.29) is 12.5 Å². The summed E-state index contributed by atoms with van der Waals surface area (Å²) in [6.45, 7) is 4.68. The van der Waals surface area contributed by atoms with Gasteiger partial charge in [0.05, 0.1) is 36.1 Å². The first-order valence-corrected chi connectivity index (χ1v) is 10.7. The second kappa shape index (κ2) is 8.66. The molecular weight excluding hydrogens is 416 g/mol. The van der Waals surface area contributed by atoms with E-state index in [1.54, 1.807) is 30.7 Å². The predicted octanol–water partition coefficient (Wildman–Crippen LogP) is 4.21. The molecule has 2 N–H and O–H groups in total. The molecule has 33 heavy (non-hydrogen) atoms. The summed E-state index contributed by atoms with van der Waals surface area (Å²) in [5.74, 6) is 1.18. The van der Waals surface area contributed by atoms with Crippen LogP contribution in [-0.4, -0.2) is 37.4 Å². The van der Waals surface area contributed by atoms with E-state index in [9.17, 15) is 4.79 Å². The maximum absolute atomic E-state index is 12.8. The molecule has 0 radical (unpaired) electrons. The van der Waals surface area contributed by atoms with Gasteiger partial charge in [-0.3, -0.25) is 14.8 Å². The predicted molar refractivity (Wildman–Crippen MR) is 126 cm³/mol. The fourth-order valence-corrected chi connectivity index (χ4v) is 3.64. The number of aryl methyl sites for hydroxylation is 1. The van der Waals surface area contributed by atoms with E-state index < -0.39 is 0 Å². The van der Waals surface area contributed by atoms with Crippen LogP contribution in [-0.2, 0) is 6.54 Å². The lowest BCUT2D eigenvalue weighted by Crippen LogP contribution is -2.23. The van der Waals surface area contributed by atoms with Crippen molar-refractivity contribution in [2.75, 3.05) is 6.61 Å². The molecule has 4 heterocycles. The van der Waals surface area contributed by atoms with Gasteiger partial charge in [0.25, 0.3) is 5.91 Å². The minimum Gasteiger partial charge on any atom is -0.493 e. The highest BCUT2D eigenvalue weighted by atomic mass is 16.5. The number of benzene rings is 1. The maximum Gasteiger partial charge on any atom is 0.251 e. The Morgan fingerprint density at radius 2 is 1.97 bits per heavy atom. The zero-order valence-corrected chi connectivity index (χ0v) is 18.3. The van der Waals surface area contributed by atoms with Crippen LogP contribution in [0.5, 0.6) is 5.75 Å². The zero-order chi connectivity index (χ0) is 22.8. The van der Waals surface area contributed by atoms with Crippen LogP contribution < -0.4 is 10.1 Å². The van der Waals surface area contributed by atoms with Crippen molar-refractivity contribution in [2.45, 2.75) is 20.4 Å². The van der Waals surface area contributed by atoms with Crippen LogP contribution in [0, 0.1) is 6.92 Å². The second-order valence-corrected chi connectivity index (χ2v) is 7.62. The van der Waals surface area contributed by atoms with E-state index >= 15 is 0 Å². The Kier molecular flexibility index (Phi) is 5.40. The van der Waals surface area contributed by atoms with E-state index in [1.165, 1.54) is 0 Å². The number of carbonyl (C=O) groups is 1. The van der Waals surface area contributed by atoms with Crippen molar-refractivity contribution in [3.63, 3.8) is 0 Å². The lowest BCUT2D eigenvalue weighted by molar-refractivity contribution is 0.0950. The number of hydrogen-bond donors (Lipinski definition) is 2. The molecular formula is C25H22N6O2.